The fourth-order valence-corrected chi connectivity index (χ4v) is 2.28. The number of aliphatic imine (C=N–C) groups is 1. The molecule has 0 bridgehead atoms. The van der Waals surface area contributed by atoms with Gasteiger partial charge in [-0.05, 0) is 50.6 Å². The van der Waals surface area contributed by atoms with Crippen LogP contribution in [0.15, 0.2) is 48.1 Å². The van der Waals surface area contributed by atoms with Crippen LogP contribution in [0.2, 0.25) is 0 Å². The third-order valence-electron chi connectivity index (χ3n) is 3.48. The molecule has 0 radical (unpaired) electrons. The number of nitrogens with zero attached hydrogens (tertiary/aromatic N) is 2. The largest absolute Gasteiger partial charge is 0.416 e. The second kappa shape index (κ2) is 6.86. The van der Waals surface area contributed by atoms with Crippen molar-refractivity contribution in [2.45, 2.75) is 26.9 Å². The summed E-state index contributed by atoms with van der Waals surface area (Å²) in [6.07, 6.45) is -2.73. The molecular formula is C18H18F3N3. The van der Waals surface area contributed by atoms with Gasteiger partial charge >= 0.3 is 6.18 Å². The number of amidine groups is 1. The van der Waals surface area contributed by atoms with E-state index in [1.54, 1.807) is 25.3 Å². The van der Waals surface area contributed by atoms with Gasteiger partial charge in [-0.1, -0.05) is 12.6 Å². The van der Waals surface area contributed by atoms with Crippen molar-refractivity contribution in [2.75, 3.05) is 0 Å². The second-order valence-corrected chi connectivity index (χ2v) is 5.43. The number of pyridine rings is 1. The van der Waals surface area contributed by atoms with Crippen molar-refractivity contribution < 1.29 is 13.2 Å². The summed E-state index contributed by atoms with van der Waals surface area (Å²) in [6.45, 7) is 8.88. The van der Waals surface area contributed by atoms with E-state index in [-0.39, 0.29) is 11.3 Å². The Kier molecular flexibility index (Phi) is 5.07. The smallest absolute Gasteiger partial charge is 0.344 e. The van der Waals surface area contributed by atoms with E-state index >= 15 is 0 Å². The van der Waals surface area contributed by atoms with Gasteiger partial charge in [0.25, 0.3) is 0 Å². The van der Waals surface area contributed by atoms with Crippen molar-refractivity contribution in [1.29, 1.82) is 0 Å². The lowest BCUT2D eigenvalue weighted by atomic mass is 10.1. The molecule has 1 aromatic carbocycles. The molecule has 0 saturated heterocycles. The van der Waals surface area contributed by atoms with E-state index in [4.69, 9.17) is 0 Å². The fraction of sp³-hybridized carbons (Fsp3) is 0.222. The predicted octanol–water partition coefficient (Wildman–Crippen LogP) is 5.03. The van der Waals surface area contributed by atoms with Crippen molar-refractivity contribution in [3.63, 3.8) is 0 Å². The van der Waals surface area contributed by atoms with Gasteiger partial charge in [0.1, 0.15) is 5.84 Å². The van der Waals surface area contributed by atoms with Crippen molar-refractivity contribution in [3.8, 4) is 0 Å². The van der Waals surface area contributed by atoms with Gasteiger partial charge in [0.15, 0.2) is 0 Å². The summed E-state index contributed by atoms with van der Waals surface area (Å²) in [5.41, 5.74) is 1.98. The van der Waals surface area contributed by atoms with E-state index in [2.05, 4.69) is 21.9 Å². The lowest BCUT2D eigenvalue weighted by molar-refractivity contribution is -0.138. The quantitative estimate of drug-likeness (QED) is 0.632. The highest BCUT2D eigenvalue weighted by Gasteiger charge is 2.32. The molecule has 0 aliphatic heterocycles. The average molecular weight is 333 g/mol. The second-order valence-electron chi connectivity index (χ2n) is 5.43. The number of benzene rings is 1. The number of aryl methyl sites for hydroxylation is 1. The number of alkyl halides is 3. The molecule has 0 unspecified atom stereocenters. The number of hydrogen-bond donors (Lipinski definition) is 1. The fourth-order valence-electron chi connectivity index (χ4n) is 2.28. The molecule has 126 valence electrons. The van der Waals surface area contributed by atoms with Crippen molar-refractivity contribution >= 4 is 17.2 Å². The van der Waals surface area contributed by atoms with Crippen LogP contribution in [0.5, 0.6) is 0 Å². The number of nitrogens with one attached hydrogen (secondary N) is 1. The minimum Gasteiger partial charge on any atom is -0.344 e. The Morgan fingerprint density at radius 3 is 2.54 bits per heavy atom. The normalized spacial score (nSPS) is 12.2. The van der Waals surface area contributed by atoms with Gasteiger partial charge in [-0.3, -0.25) is 4.98 Å². The summed E-state index contributed by atoms with van der Waals surface area (Å²) < 4.78 is 38.9. The molecule has 0 fully saturated rings. The van der Waals surface area contributed by atoms with E-state index in [0.29, 0.717) is 11.5 Å². The molecule has 6 heteroatoms. The molecule has 0 amide bonds. The minimum atomic E-state index is -4.39. The van der Waals surface area contributed by atoms with Gasteiger partial charge in [0.2, 0.25) is 0 Å². The van der Waals surface area contributed by atoms with E-state index in [1.807, 2.05) is 13.0 Å². The Hall–Kier alpha value is -2.63. The summed E-state index contributed by atoms with van der Waals surface area (Å²) in [6, 6.07) is 7.61. The highest BCUT2D eigenvalue weighted by molar-refractivity contribution is 5.90. The molecule has 0 saturated carbocycles. The minimum absolute atomic E-state index is 0.0940. The Labute approximate surface area is 139 Å². The maximum Gasteiger partial charge on any atom is 0.416 e. The van der Waals surface area contributed by atoms with E-state index < -0.39 is 11.7 Å². The van der Waals surface area contributed by atoms with Crippen molar-refractivity contribution in [1.82, 2.24) is 10.3 Å². The molecular weight excluding hydrogens is 315 g/mol. The van der Waals surface area contributed by atoms with Crippen molar-refractivity contribution in [3.05, 3.63) is 65.5 Å². The van der Waals surface area contributed by atoms with Crippen LogP contribution in [0.1, 0.15) is 29.3 Å². The van der Waals surface area contributed by atoms with Crippen LogP contribution >= 0.6 is 0 Å². The number of halogens is 3. The third-order valence-corrected chi connectivity index (χ3v) is 3.48. The first-order chi connectivity index (χ1) is 11.2. The van der Waals surface area contributed by atoms with Gasteiger partial charge in [0.05, 0.1) is 11.3 Å². The Bertz CT molecular complexity index is 792. The molecule has 0 aliphatic carbocycles. The Balaban J connectivity index is 2.24. The molecule has 0 spiro atoms. The third kappa shape index (κ3) is 4.22. The zero-order valence-electron chi connectivity index (χ0n) is 13.7. The van der Waals surface area contributed by atoms with Gasteiger partial charge in [-0.2, -0.15) is 13.2 Å². The van der Waals surface area contributed by atoms with Crippen molar-refractivity contribution in [2.24, 2.45) is 4.99 Å². The maximum absolute atomic E-state index is 13.0. The molecule has 2 aromatic rings. The molecule has 0 atom stereocenters. The maximum atomic E-state index is 13.0. The van der Waals surface area contributed by atoms with Crippen LogP contribution in [0.3, 0.4) is 0 Å². The van der Waals surface area contributed by atoms with Gasteiger partial charge in [0, 0.05) is 23.2 Å². The van der Waals surface area contributed by atoms with Crippen LogP contribution in [-0.2, 0) is 6.18 Å². The average Bonchev–Trinajstić information content (AvgIpc) is 2.48. The summed E-state index contributed by atoms with van der Waals surface area (Å²) in [7, 11) is 0. The van der Waals surface area contributed by atoms with Crippen LogP contribution in [-0.4, -0.2) is 10.8 Å². The molecule has 0 aliphatic rings. The van der Waals surface area contributed by atoms with Gasteiger partial charge in [-0.15, -0.1) is 0 Å². The van der Waals surface area contributed by atoms with Crippen LogP contribution in [0.4, 0.5) is 18.9 Å². The monoisotopic (exact) mass is 333 g/mol. The van der Waals surface area contributed by atoms with Crippen LogP contribution in [0, 0.1) is 13.8 Å². The highest BCUT2D eigenvalue weighted by Crippen LogP contribution is 2.35. The Morgan fingerprint density at radius 1 is 1.21 bits per heavy atom. The summed E-state index contributed by atoms with van der Waals surface area (Å²) >= 11 is 0. The SMILES string of the molecule is C=C(N/C(C)=N/c1cccc(C(F)(F)F)c1C)c1ccnc(C)c1. The molecule has 1 heterocycles. The zero-order valence-corrected chi connectivity index (χ0v) is 13.7. The Morgan fingerprint density at radius 2 is 1.92 bits per heavy atom. The zero-order chi connectivity index (χ0) is 17.9. The van der Waals surface area contributed by atoms with E-state index in [1.165, 1.54) is 13.0 Å². The summed E-state index contributed by atoms with van der Waals surface area (Å²) in [5.74, 6) is 0.455. The number of hydrogen-bond acceptors (Lipinski definition) is 2. The molecule has 1 aromatic heterocycles. The first-order valence-corrected chi connectivity index (χ1v) is 7.29. The lowest BCUT2D eigenvalue weighted by Gasteiger charge is -2.13. The van der Waals surface area contributed by atoms with Crippen LogP contribution < -0.4 is 5.32 Å². The molecule has 2 rings (SSSR count). The van der Waals surface area contributed by atoms with Gasteiger partial charge < -0.3 is 5.32 Å². The summed E-state index contributed by atoms with van der Waals surface area (Å²) in [5, 5.41) is 3.00. The molecule has 24 heavy (non-hydrogen) atoms. The molecule has 1 N–H and O–H groups in total. The lowest BCUT2D eigenvalue weighted by Crippen LogP contribution is -2.18. The first-order valence-electron chi connectivity index (χ1n) is 7.29. The van der Waals surface area contributed by atoms with Gasteiger partial charge in [-0.25, -0.2) is 4.99 Å². The topological polar surface area (TPSA) is 37.3 Å². The predicted molar refractivity (Wildman–Crippen MR) is 90.1 cm³/mol. The summed E-state index contributed by atoms with van der Waals surface area (Å²) in [4.78, 5) is 8.36. The standard InChI is InChI=1S/C18H18F3N3/c1-11-10-15(8-9-22-11)13(3)23-14(4)24-17-7-5-6-16(12(17)2)18(19,20)21/h5-10H,3H2,1-2,4H3,(H,23,24). The molecule has 3 nitrogen and oxygen atoms in total. The number of rotatable bonds is 3. The van der Waals surface area contributed by atoms with Crippen LogP contribution in [0.25, 0.3) is 5.70 Å². The number of aromatic nitrogens is 1. The van der Waals surface area contributed by atoms with E-state index in [0.717, 1.165) is 17.3 Å². The first kappa shape index (κ1) is 17.7. The highest BCUT2D eigenvalue weighted by atomic mass is 19.4. The van der Waals surface area contributed by atoms with E-state index in [9.17, 15) is 13.2 Å².